The number of ether oxygens (including phenoxy) is 1. The van der Waals surface area contributed by atoms with E-state index in [2.05, 4.69) is 44.8 Å². The lowest BCUT2D eigenvalue weighted by molar-refractivity contribution is -0.0327. The number of hydrogen-bond acceptors (Lipinski definition) is 7. The summed E-state index contributed by atoms with van der Waals surface area (Å²) in [6, 6.07) is 10.1. The highest BCUT2D eigenvalue weighted by atomic mass is 32.2. The van der Waals surface area contributed by atoms with Crippen molar-refractivity contribution in [1.29, 1.82) is 0 Å². The van der Waals surface area contributed by atoms with Gasteiger partial charge in [0.1, 0.15) is 17.3 Å². The Morgan fingerprint density at radius 2 is 2.13 bits per heavy atom. The van der Waals surface area contributed by atoms with Crippen LogP contribution in [0.25, 0.3) is 5.52 Å². The first-order valence-electron chi connectivity index (χ1n) is 12.5. The molecule has 2 aromatic heterocycles. The number of rotatable bonds is 7. The van der Waals surface area contributed by atoms with Crippen molar-refractivity contribution in [3.63, 3.8) is 0 Å². The van der Waals surface area contributed by atoms with Crippen molar-refractivity contribution in [3.8, 4) is 17.6 Å². The van der Waals surface area contributed by atoms with E-state index in [-0.39, 0.29) is 40.3 Å². The number of piperidine rings is 1. The Morgan fingerprint density at radius 3 is 2.85 bits per heavy atom. The van der Waals surface area contributed by atoms with Gasteiger partial charge in [0.2, 0.25) is 0 Å². The second kappa shape index (κ2) is 10.5. The van der Waals surface area contributed by atoms with Gasteiger partial charge < -0.3 is 25.6 Å². The van der Waals surface area contributed by atoms with Gasteiger partial charge in [-0.15, -0.1) is 0 Å². The van der Waals surface area contributed by atoms with E-state index < -0.39 is 5.51 Å². The van der Waals surface area contributed by atoms with Gasteiger partial charge in [-0.1, -0.05) is 12.0 Å². The predicted molar refractivity (Wildman–Crippen MR) is 145 cm³/mol. The smallest absolute Gasteiger partial charge is 0.446 e. The molecule has 1 amide bonds. The molecule has 2 fully saturated rings. The van der Waals surface area contributed by atoms with Crippen LogP contribution in [0, 0.1) is 17.8 Å². The highest BCUT2D eigenvalue weighted by Gasteiger charge is 2.56. The molecule has 2 aliphatic rings. The van der Waals surface area contributed by atoms with Crippen LogP contribution in [0.4, 0.5) is 24.7 Å². The van der Waals surface area contributed by atoms with Crippen molar-refractivity contribution in [2.24, 2.45) is 5.92 Å². The summed E-state index contributed by atoms with van der Waals surface area (Å²) in [6.45, 7) is 2.06. The molecule has 1 aliphatic heterocycles. The second-order valence-electron chi connectivity index (χ2n) is 9.78. The summed E-state index contributed by atoms with van der Waals surface area (Å²) in [4.78, 5) is 14.3. The first kappa shape index (κ1) is 27.0. The van der Waals surface area contributed by atoms with Gasteiger partial charge in [-0.2, -0.15) is 18.3 Å². The summed E-state index contributed by atoms with van der Waals surface area (Å²) >= 11 is -0.209. The molecular weight excluding hydrogens is 529 g/mol. The lowest BCUT2D eigenvalue weighted by atomic mass is 10.1. The van der Waals surface area contributed by atoms with Gasteiger partial charge in [0.15, 0.2) is 0 Å². The van der Waals surface area contributed by atoms with Crippen molar-refractivity contribution < 1.29 is 22.7 Å². The minimum atomic E-state index is -4.50. The van der Waals surface area contributed by atoms with Crippen LogP contribution in [0.1, 0.15) is 28.9 Å². The fraction of sp³-hybridized carbons (Fsp3) is 0.407. The minimum Gasteiger partial charge on any atom is -0.495 e. The molecule has 39 heavy (non-hydrogen) atoms. The zero-order valence-corrected chi connectivity index (χ0v) is 22.6. The predicted octanol–water partition coefficient (Wildman–Crippen LogP) is 4.28. The average molecular weight is 559 g/mol. The molecule has 2 atom stereocenters. The van der Waals surface area contributed by atoms with E-state index in [4.69, 9.17) is 4.74 Å². The van der Waals surface area contributed by atoms with Gasteiger partial charge in [0.05, 0.1) is 29.8 Å². The molecule has 0 bridgehead atoms. The molecule has 0 radical (unpaired) electrons. The number of alkyl halides is 3. The molecule has 0 spiro atoms. The number of likely N-dealkylation sites (tertiary alicyclic amines) is 1. The molecular formula is C27H29F3N6O2S. The third-order valence-electron chi connectivity index (χ3n) is 7.17. The van der Waals surface area contributed by atoms with Crippen LogP contribution >= 0.6 is 11.8 Å². The van der Waals surface area contributed by atoms with Gasteiger partial charge in [-0.3, -0.25) is 4.79 Å². The summed E-state index contributed by atoms with van der Waals surface area (Å²) < 4.78 is 47.5. The van der Waals surface area contributed by atoms with Crippen LogP contribution in [-0.4, -0.2) is 72.3 Å². The number of pyridine rings is 1. The Labute approximate surface area is 228 Å². The summed E-state index contributed by atoms with van der Waals surface area (Å²) in [5, 5.41) is 13.7. The van der Waals surface area contributed by atoms with Gasteiger partial charge >= 0.3 is 5.51 Å². The number of carbonyl (C=O) groups is 1. The standard InChI is InChI=1S/C27H29F3N6O2S/c1-31-25(37)17-9-10-22(38-3)20(14-17)32-12-5-6-19-24(39-27(28,29)30)21-7-4-8-23(36(21)34-19)33-26-11-13-35(2)16-18(26)15-26/h4,7-10,14,18,32-33H,11-13,15-16H2,1-3H3,(H,31,37)/t18-,26+/m0/s1. The van der Waals surface area contributed by atoms with Crippen molar-refractivity contribution in [3.05, 3.63) is 47.7 Å². The first-order chi connectivity index (χ1) is 18.6. The number of nitrogens with one attached hydrogen (secondary N) is 3. The van der Waals surface area contributed by atoms with Gasteiger partial charge in [-0.05, 0) is 73.8 Å². The summed E-state index contributed by atoms with van der Waals surface area (Å²) in [5.74, 6) is 7.11. The maximum atomic E-state index is 13.5. The molecule has 206 valence electrons. The molecule has 0 unspecified atom stereocenters. The van der Waals surface area contributed by atoms with Crippen molar-refractivity contribution in [1.82, 2.24) is 19.8 Å². The number of anilines is 2. The molecule has 5 rings (SSSR count). The van der Waals surface area contributed by atoms with Crippen LogP contribution in [0.5, 0.6) is 5.75 Å². The number of nitrogens with zero attached hydrogens (tertiary/aromatic N) is 3. The number of thioether (sulfide) groups is 1. The zero-order valence-electron chi connectivity index (χ0n) is 21.8. The van der Waals surface area contributed by atoms with Crippen LogP contribution in [0.15, 0.2) is 41.3 Å². The second-order valence-corrected chi connectivity index (χ2v) is 10.9. The number of methoxy groups -OCH3 is 1. The number of amides is 1. The minimum absolute atomic E-state index is 0.0360. The van der Waals surface area contributed by atoms with Crippen molar-refractivity contribution in [2.75, 3.05) is 51.5 Å². The molecule has 3 heterocycles. The Kier molecular flexibility index (Phi) is 7.31. The maximum absolute atomic E-state index is 13.5. The molecule has 3 aromatic rings. The Hall–Kier alpha value is -3.56. The van der Waals surface area contributed by atoms with Crippen LogP contribution in [0.2, 0.25) is 0 Å². The van der Waals surface area contributed by atoms with E-state index in [0.717, 1.165) is 25.9 Å². The van der Waals surface area contributed by atoms with Gasteiger partial charge in [-0.25, -0.2) is 4.52 Å². The largest absolute Gasteiger partial charge is 0.495 e. The number of benzene rings is 1. The number of aromatic nitrogens is 2. The fourth-order valence-electron chi connectivity index (χ4n) is 5.09. The molecule has 1 aromatic carbocycles. The third kappa shape index (κ3) is 5.74. The molecule has 12 heteroatoms. The van der Waals surface area contributed by atoms with E-state index in [1.807, 2.05) is 6.07 Å². The number of halogens is 3. The lowest BCUT2D eigenvalue weighted by Crippen LogP contribution is -2.39. The highest BCUT2D eigenvalue weighted by molar-refractivity contribution is 8.00. The summed E-state index contributed by atoms with van der Waals surface area (Å²) in [5.41, 5.74) is -3.17. The number of hydrogen-bond donors (Lipinski definition) is 3. The summed E-state index contributed by atoms with van der Waals surface area (Å²) in [6.07, 6.45) is 2.00. The number of carbonyl (C=O) groups excluding carboxylic acids is 1. The average Bonchev–Trinajstić information content (AvgIpc) is 3.50. The first-order valence-corrected chi connectivity index (χ1v) is 13.3. The molecule has 3 N–H and O–H groups in total. The van der Waals surface area contributed by atoms with E-state index in [1.165, 1.54) is 18.7 Å². The Bertz CT molecular complexity index is 1460. The number of fused-ring (bicyclic) bond motifs is 2. The van der Waals surface area contributed by atoms with E-state index in [1.54, 1.807) is 30.3 Å². The quantitative estimate of drug-likeness (QED) is 0.295. The van der Waals surface area contributed by atoms with Gasteiger partial charge in [0, 0.05) is 31.2 Å². The lowest BCUT2D eigenvalue weighted by Gasteiger charge is -2.30. The zero-order chi connectivity index (χ0) is 27.8. The maximum Gasteiger partial charge on any atom is 0.446 e. The topological polar surface area (TPSA) is 82.9 Å². The normalized spacial score (nSPS) is 20.5. The van der Waals surface area contributed by atoms with Crippen LogP contribution in [-0.2, 0) is 0 Å². The van der Waals surface area contributed by atoms with Crippen molar-refractivity contribution >= 4 is 34.7 Å². The van der Waals surface area contributed by atoms with E-state index in [0.29, 0.717) is 34.3 Å². The van der Waals surface area contributed by atoms with E-state index >= 15 is 0 Å². The highest BCUT2D eigenvalue weighted by Crippen LogP contribution is 2.51. The van der Waals surface area contributed by atoms with Crippen molar-refractivity contribution in [2.45, 2.75) is 28.8 Å². The molecule has 8 nitrogen and oxygen atoms in total. The van der Waals surface area contributed by atoms with Gasteiger partial charge in [0.25, 0.3) is 5.91 Å². The van der Waals surface area contributed by atoms with Crippen LogP contribution in [0.3, 0.4) is 0 Å². The summed E-state index contributed by atoms with van der Waals surface area (Å²) in [7, 11) is 5.14. The molecule has 1 aliphatic carbocycles. The fourth-order valence-corrected chi connectivity index (χ4v) is 5.77. The Balaban J connectivity index is 1.41. The van der Waals surface area contributed by atoms with Crippen LogP contribution < -0.4 is 20.7 Å². The Morgan fingerprint density at radius 1 is 1.31 bits per heavy atom. The molecule has 1 saturated carbocycles. The third-order valence-corrected chi connectivity index (χ3v) is 8.01. The van der Waals surface area contributed by atoms with E-state index in [9.17, 15) is 18.0 Å². The monoisotopic (exact) mass is 558 g/mol. The SMILES string of the molecule is CNC(=O)c1ccc(OC)c(NCC#Cc2nn3c(N[C@@]45CCN(C)C[C@@H]4C5)cccc3c2SC(F)(F)F)c1. The molecule has 1 saturated heterocycles.